The van der Waals surface area contributed by atoms with E-state index >= 15 is 0 Å². The van der Waals surface area contributed by atoms with Crippen molar-refractivity contribution in [1.29, 1.82) is 0 Å². The molecule has 0 bridgehead atoms. The predicted molar refractivity (Wildman–Crippen MR) is 175 cm³/mol. The molecule has 0 unspecified atom stereocenters. The minimum absolute atomic E-state index is 0.00906. The summed E-state index contributed by atoms with van der Waals surface area (Å²) in [6, 6.07) is 35.8. The topological polar surface area (TPSA) is 86.3 Å². The van der Waals surface area contributed by atoms with Crippen LogP contribution in [0.25, 0.3) is 0 Å². The van der Waals surface area contributed by atoms with Crippen LogP contribution in [0.3, 0.4) is 0 Å². The zero-order chi connectivity index (χ0) is 30.8. The third kappa shape index (κ3) is 8.78. The number of hydrogen-bond acceptors (Lipinski definition) is 6. The van der Waals surface area contributed by atoms with E-state index in [1.807, 2.05) is 78.9 Å². The highest BCUT2D eigenvalue weighted by molar-refractivity contribution is 5.89. The summed E-state index contributed by atoms with van der Waals surface area (Å²) in [5.74, 6) is 0. The molecule has 2 aliphatic rings. The van der Waals surface area contributed by atoms with Crippen molar-refractivity contribution >= 4 is 11.7 Å². The first kappa shape index (κ1) is 31.0. The normalized spacial score (nSPS) is 20.9. The smallest absolute Gasteiger partial charge is 0.319 e. The first-order valence-corrected chi connectivity index (χ1v) is 15.8. The van der Waals surface area contributed by atoms with Gasteiger partial charge < -0.3 is 25.2 Å². The molecular weight excluding hydrogens is 564 g/mol. The van der Waals surface area contributed by atoms with Gasteiger partial charge >= 0.3 is 6.03 Å². The lowest BCUT2D eigenvalue weighted by atomic mass is 9.99. The van der Waals surface area contributed by atoms with Crippen LogP contribution in [0, 0.1) is 0 Å². The van der Waals surface area contributed by atoms with Gasteiger partial charge in [-0.15, -0.1) is 0 Å². The maximum Gasteiger partial charge on any atom is 0.319 e. The second-order valence-corrected chi connectivity index (χ2v) is 11.8. The van der Waals surface area contributed by atoms with Crippen LogP contribution in [-0.4, -0.2) is 59.8 Å². The van der Waals surface area contributed by atoms with E-state index in [0.29, 0.717) is 12.2 Å². The van der Waals surface area contributed by atoms with Gasteiger partial charge in [-0.25, -0.2) is 4.79 Å². The Morgan fingerprint density at radius 1 is 0.733 bits per heavy atom. The van der Waals surface area contributed by atoms with Crippen molar-refractivity contribution in [3.63, 3.8) is 0 Å². The first-order chi connectivity index (χ1) is 22.1. The lowest BCUT2D eigenvalue weighted by molar-refractivity contribution is -0.253. The van der Waals surface area contributed by atoms with Crippen LogP contribution in [-0.2, 0) is 29.2 Å². The Bertz CT molecular complexity index is 1490. The van der Waals surface area contributed by atoms with Crippen LogP contribution in [0.5, 0.6) is 0 Å². The van der Waals surface area contributed by atoms with Crippen LogP contribution >= 0.6 is 0 Å². The highest BCUT2D eigenvalue weighted by Gasteiger charge is 2.34. The number of anilines is 1. The predicted octanol–water partition coefficient (Wildman–Crippen LogP) is 5.86. The number of carbonyl (C=O) groups is 1. The molecule has 3 N–H and O–H groups in total. The van der Waals surface area contributed by atoms with Crippen molar-refractivity contribution in [2.24, 2.45) is 0 Å². The molecule has 2 fully saturated rings. The molecule has 234 valence electrons. The Hall–Kier alpha value is -4.05. The summed E-state index contributed by atoms with van der Waals surface area (Å²) < 4.78 is 13.2. The van der Waals surface area contributed by atoms with Crippen LogP contribution in [0.4, 0.5) is 10.5 Å². The molecule has 0 aromatic heterocycles. The molecule has 0 spiro atoms. The minimum atomic E-state index is -0.584. The van der Waals surface area contributed by atoms with E-state index in [0.717, 1.165) is 67.9 Å². The maximum absolute atomic E-state index is 12.7. The third-order valence-electron chi connectivity index (χ3n) is 8.50. The number of piperazine rings is 1. The van der Waals surface area contributed by atoms with E-state index in [1.165, 1.54) is 5.56 Å². The van der Waals surface area contributed by atoms with Crippen LogP contribution in [0.1, 0.15) is 46.6 Å². The molecule has 8 nitrogen and oxygen atoms in total. The average molecular weight is 607 g/mol. The highest BCUT2D eigenvalue weighted by atomic mass is 16.7. The SMILES string of the molecule is O=C(NCc1ccccc1)Nc1cccc([C@H]2O[C@@H](CN3CCN(Cc4ccccc4)CC3)C[C@@H](c3ccc(CO)cc3)O2)c1. The van der Waals surface area contributed by atoms with Crippen molar-refractivity contribution in [1.82, 2.24) is 15.1 Å². The maximum atomic E-state index is 12.7. The summed E-state index contributed by atoms with van der Waals surface area (Å²) in [7, 11) is 0. The van der Waals surface area contributed by atoms with E-state index in [4.69, 9.17) is 9.47 Å². The van der Waals surface area contributed by atoms with Gasteiger partial charge in [-0.2, -0.15) is 0 Å². The molecule has 2 saturated heterocycles. The second-order valence-electron chi connectivity index (χ2n) is 11.8. The van der Waals surface area contributed by atoms with Crippen LogP contribution in [0.15, 0.2) is 109 Å². The van der Waals surface area contributed by atoms with Gasteiger partial charge in [0.15, 0.2) is 6.29 Å². The number of nitrogens with one attached hydrogen (secondary N) is 2. The number of urea groups is 1. The van der Waals surface area contributed by atoms with Gasteiger partial charge in [0.25, 0.3) is 0 Å². The van der Waals surface area contributed by atoms with E-state index in [2.05, 4.69) is 50.8 Å². The number of ether oxygens (including phenoxy) is 2. The number of nitrogens with zero attached hydrogens (tertiary/aromatic N) is 2. The molecule has 6 rings (SSSR count). The molecule has 2 aliphatic heterocycles. The molecule has 8 heteroatoms. The Morgan fingerprint density at radius 2 is 1.42 bits per heavy atom. The molecule has 4 aromatic carbocycles. The Labute approximate surface area is 265 Å². The van der Waals surface area contributed by atoms with E-state index in [9.17, 15) is 9.90 Å². The zero-order valence-electron chi connectivity index (χ0n) is 25.6. The summed E-state index contributed by atoms with van der Waals surface area (Å²) in [6.07, 6.45) is -0.0388. The summed E-state index contributed by atoms with van der Waals surface area (Å²) >= 11 is 0. The average Bonchev–Trinajstić information content (AvgIpc) is 3.09. The number of carbonyl (C=O) groups excluding carboxylic acids is 1. The van der Waals surface area contributed by atoms with E-state index in [-0.39, 0.29) is 24.8 Å². The Kier molecular flexibility index (Phi) is 10.5. The molecule has 0 aliphatic carbocycles. The largest absolute Gasteiger partial charge is 0.392 e. The third-order valence-corrected chi connectivity index (χ3v) is 8.50. The van der Waals surface area contributed by atoms with Gasteiger partial charge in [-0.3, -0.25) is 9.80 Å². The standard InChI is InChI=1S/C37H42N4O4/c42-27-30-14-16-31(17-15-30)35-23-34(26-41-20-18-40(19-21-41)25-29-10-5-2-6-11-29)44-36(45-35)32-12-7-13-33(22-32)39-37(43)38-24-28-8-3-1-4-9-28/h1-17,22,34-36,42H,18-21,23-27H2,(H2,38,39,43)/t34-,35+,36+/m1/s1. The van der Waals surface area contributed by atoms with E-state index in [1.54, 1.807) is 0 Å². The van der Waals surface area contributed by atoms with Gasteiger partial charge in [0.2, 0.25) is 0 Å². The minimum Gasteiger partial charge on any atom is -0.392 e. The van der Waals surface area contributed by atoms with Crippen LogP contribution < -0.4 is 10.6 Å². The number of rotatable bonds is 10. The fourth-order valence-electron chi connectivity index (χ4n) is 6.01. The molecule has 3 atom stereocenters. The van der Waals surface area contributed by atoms with Crippen molar-refractivity contribution in [2.45, 2.75) is 44.6 Å². The zero-order valence-corrected chi connectivity index (χ0v) is 25.6. The lowest BCUT2D eigenvalue weighted by Crippen LogP contribution is -2.49. The molecule has 0 saturated carbocycles. The summed E-state index contributed by atoms with van der Waals surface area (Å²) in [6.45, 7) is 6.28. The van der Waals surface area contributed by atoms with Gasteiger partial charge in [0.1, 0.15) is 0 Å². The van der Waals surface area contributed by atoms with Gasteiger partial charge in [0, 0.05) is 63.5 Å². The number of aliphatic hydroxyl groups excluding tert-OH is 1. The summed E-state index contributed by atoms with van der Waals surface area (Å²) in [4.78, 5) is 17.7. The molecule has 45 heavy (non-hydrogen) atoms. The number of amides is 2. The number of aliphatic hydroxyl groups is 1. The Morgan fingerprint density at radius 3 is 2.13 bits per heavy atom. The number of hydrogen-bond donors (Lipinski definition) is 3. The van der Waals surface area contributed by atoms with Gasteiger partial charge in [0.05, 0.1) is 18.8 Å². The molecule has 2 amide bonds. The summed E-state index contributed by atoms with van der Waals surface area (Å²) in [5.41, 5.74) is 5.84. The summed E-state index contributed by atoms with van der Waals surface area (Å²) in [5, 5.41) is 15.4. The van der Waals surface area contributed by atoms with E-state index < -0.39 is 6.29 Å². The van der Waals surface area contributed by atoms with Crippen molar-refractivity contribution in [2.75, 3.05) is 38.0 Å². The van der Waals surface area contributed by atoms with Crippen molar-refractivity contribution < 1.29 is 19.4 Å². The molecule has 4 aromatic rings. The van der Waals surface area contributed by atoms with Gasteiger partial charge in [-0.05, 0) is 34.4 Å². The fourth-order valence-corrected chi connectivity index (χ4v) is 6.01. The molecule has 0 radical (unpaired) electrons. The fraction of sp³-hybridized carbons (Fsp3) is 0.324. The van der Waals surface area contributed by atoms with Crippen molar-refractivity contribution in [3.8, 4) is 0 Å². The van der Waals surface area contributed by atoms with Crippen LogP contribution in [0.2, 0.25) is 0 Å². The quantitative estimate of drug-likeness (QED) is 0.210. The lowest BCUT2D eigenvalue weighted by Gasteiger charge is -2.41. The highest BCUT2D eigenvalue weighted by Crippen LogP contribution is 2.38. The molecule has 2 heterocycles. The monoisotopic (exact) mass is 606 g/mol. The number of benzene rings is 4. The first-order valence-electron chi connectivity index (χ1n) is 15.8. The van der Waals surface area contributed by atoms with Gasteiger partial charge in [-0.1, -0.05) is 97.1 Å². The molecular formula is C37H42N4O4. The van der Waals surface area contributed by atoms with Crippen molar-refractivity contribution in [3.05, 3.63) is 137 Å². The second kappa shape index (κ2) is 15.3. The Balaban J connectivity index is 1.11.